The van der Waals surface area contributed by atoms with Crippen LogP contribution in [0.4, 0.5) is 4.79 Å². The number of nitrogens with one attached hydrogen (secondary N) is 1. The summed E-state index contributed by atoms with van der Waals surface area (Å²) in [5.74, 6) is 0.175. The maximum absolute atomic E-state index is 10.9. The molecule has 2 aromatic rings. The minimum Gasteiger partial charge on any atom is -0.450 e. The van der Waals surface area contributed by atoms with Gasteiger partial charge in [0.25, 0.3) is 0 Å². The largest absolute Gasteiger partial charge is 0.506 e. The fourth-order valence-corrected chi connectivity index (χ4v) is 4.24. The molecule has 0 bridgehead atoms. The van der Waals surface area contributed by atoms with Crippen LogP contribution in [0.5, 0.6) is 0 Å². The molecule has 0 aromatic heterocycles. The Morgan fingerprint density at radius 2 is 1.50 bits per heavy atom. The highest BCUT2D eigenvalue weighted by Crippen LogP contribution is 2.33. The Labute approximate surface area is 167 Å². The third kappa shape index (κ3) is 5.14. The summed E-state index contributed by atoms with van der Waals surface area (Å²) in [7, 11) is 0. The van der Waals surface area contributed by atoms with Gasteiger partial charge in [0, 0.05) is 24.9 Å². The van der Waals surface area contributed by atoms with Crippen LogP contribution in [0.3, 0.4) is 0 Å². The second kappa shape index (κ2) is 9.74. The summed E-state index contributed by atoms with van der Waals surface area (Å²) >= 11 is 0. The Bertz CT molecular complexity index is 705. The van der Waals surface area contributed by atoms with E-state index in [0.717, 1.165) is 25.7 Å². The first-order valence-electron chi connectivity index (χ1n) is 10.4. The zero-order chi connectivity index (χ0) is 19.9. The van der Waals surface area contributed by atoms with Crippen LogP contribution in [0.2, 0.25) is 0 Å². The van der Waals surface area contributed by atoms with Gasteiger partial charge in [0.15, 0.2) is 0 Å². The maximum atomic E-state index is 10.9. The van der Waals surface area contributed by atoms with Gasteiger partial charge < -0.3 is 15.2 Å². The van der Waals surface area contributed by atoms with Crippen molar-refractivity contribution in [2.24, 2.45) is 0 Å². The van der Waals surface area contributed by atoms with E-state index in [2.05, 4.69) is 67.7 Å². The molecule has 1 heterocycles. The van der Waals surface area contributed by atoms with Crippen LogP contribution in [0.15, 0.2) is 48.5 Å². The number of carboxylic acid groups (broad SMARTS) is 1. The number of rotatable bonds is 8. The van der Waals surface area contributed by atoms with Gasteiger partial charge in [-0.1, -0.05) is 75.2 Å². The van der Waals surface area contributed by atoms with Crippen molar-refractivity contribution in [2.75, 3.05) is 6.54 Å². The molecule has 1 unspecified atom stereocenters. The van der Waals surface area contributed by atoms with Gasteiger partial charge >= 0.3 is 6.16 Å². The molecule has 2 aromatic carbocycles. The first kappa shape index (κ1) is 20.4. The minimum absolute atomic E-state index is 0.151. The average Bonchev–Trinajstić information content (AvgIpc) is 3.12. The third-order valence-corrected chi connectivity index (χ3v) is 5.55. The van der Waals surface area contributed by atoms with Gasteiger partial charge in [-0.05, 0) is 35.1 Å². The minimum atomic E-state index is -1.20. The highest BCUT2D eigenvalue weighted by atomic mass is 16.7. The molecule has 4 heteroatoms. The normalized spacial score (nSPS) is 19.1. The van der Waals surface area contributed by atoms with Gasteiger partial charge in [0.1, 0.15) is 6.10 Å². The van der Waals surface area contributed by atoms with Crippen molar-refractivity contribution in [1.29, 1.82) is 0 Å². The van der Waals surface area contributed by atoms with Gasteiger partial charge in [-0.3, -0.25) is 0 Å². The highest BCUT2D eigenvalue weighted by Gasteiger charge is 2.34. The lowest BCUT2D eigenvalue weighted by Gasteiger charge is -2.25. The van der Waals surface area contributed by atoms with E-state index in [-0.39, 0.29) is 18.1 Å². The zero-order valence-corrected chi connectivity index (χ0v) is 16.9. The SMILES string of the molecule is CCCc1ccc(C(c2ccc(CCC)cc2)C2C[C@@H](OC(=O)O)CN2)cc1. The van der Waals surface area contributed by atoms with E-state index in [1.807, 2.05) is 0 Å². The summed E-state index contributed by atoms with van der Waals surface area (Å²) < 4.78 is 5.02. The molecular formula is C24H31NO3. The van der Waals surface area contributed by atoms with Crippen LogP contribution >= 0.6 is 0 Å². The average molecular weight is 382 g/mol. The number of carbonyl (C=O) groups is 1. The smallest absolute Gasteiger partial charge is 0.450 e. The van der Waals surface area contributed by atoms with Gasteiger partial charge in [-0.2, -0.15) is 0 Å². The summed E-state index contributed by atoms with van der Waals surface area (Å²) in [6.45, 7) is 4.95. The second-order valence-corrected chi connectivity index (χ2v) is 7.72. The molecule has 4 nitrogen and oxygen atoms in total. The molecule has 2 atom stereocenters. The van der Waals surface area contributed by atoms with Crippen LogP contribution < -0.4 is 5.32 Å². The molecule has 0 aliphatic carbocycles. The number of benzene rings is 2. The van der Waals surface area contributed by atoms with Crippen molar-refractivity contribution < 1.29 is 14.6 Å². The van der Waals surface area contributed by atoms with E-state index in [0.29, 0.717) is 13.0 Å². The van der Waals surface area contributed by atoms with E-state index in [1.54, 1.807) is 0 Å². The molecule has 2 N–H and O–H groups in total. The molecular weight excluding hydrogens is 350 g/mol. The number of ether oxygens (including phenoxy) is 1. The van der Waals surface area contributed by atoms with Crippen molar-refractivity contribution in [2.45, 2.75) is 64.0 Å². The Kier molecular flexibility index (Phi) is 7.10. The fourth-order valence-electron chi connectivity index (χ4n) is 4.24. The molecule has 0 saturated carbocycles. The monoisotopic (exact) mass is 381 g/mol. The molecule has 0 amide bonds. The third-order valence-electron chi connectivity index (χ3n) is 5.55. The number of aryl methyl sites for hydroxylation is 2. The summed E-state index contributed by atoms with van der Waals surface area (Å²) in [5, 5.41) is 12.4. The summed E-state index contributed by atoms with van der Waals surface area (Å²) in [5.41, 5.74) is 5.23. The lowest BCUT2D eigenvalue weighted by atomic mass is 9.83. The van der Waals surface area contributed by atoms with Gasteiger partial charge in [0.05, 0.1) is 0 Å². The molecule has 0 radical (unpaired) electrons. The van der Waals surface area contributed by atoms with Crippen molar-refractivity contribution in [3.8, 4) is 0 Å². The van der Waals surface area contributed by atoms with E-state index >= 15 is 0 Å². The molecule has 3 rings (SSSR count). The first-order valence-corrected chi connectivity index (χ1v) is 10.4. The lowest BCUT2D eigenvalue weighted by molar-refractivity contribution is 0.0585. The number of hydrogen-bond donors (Lipinski definition) is 2. The Morgan fingerprint density at radius 1 is 1.00 bits per heavy atom. The molecule has 0 spiro atoms. The van der Waals surface area contributed by atoms with E-state index in [9.17, 15) is 4.79 Å². The first-order chi connectivity index (χ1) is 13.6. The van der Waals surface area contributed by atoms with Crippen molar-refractivity contribution in [3.63, 3.8) is 0 Å². The van der Waals surface area contributed by atoms with Crippen molar-refractivity contribution in [3.05, 3.63) is 70.8 Å². The van der Waals surface area contributed by atoms with Crippen LogP contribution in [-0.4, -0.2) is 30.0 Å². The zero-order valence-electron chi connectivity index (χ0n) is 16.9. The summed E-state index contributed by atoms with van der Waals surface area (Å²) in [6.07, 6.45) is 3.66. The molecule has 1 aliphatic rings. The molecule has 28 heavy (non-hydrogen) atoms. The quantitative estimate of drug-likeness (QED) is 0.621. The molecule has 1 fully saturated rings. The topological polar surface area (TPSA) is 58.6 Å². The lowest BCUT2D eigenvalue weighted by Crippen LogP contribution is -2.29. The summed E-state index contributed by atoms with van der Waals surface area (Å²) in [6, 6.07) is 17.9. The maximum Gasteiger partial charge on any atom is 0.506 e. The summed E-state index contributed by atoms with van der Waals surface area (Å²) in [4.78, 5) is 10.9. The van der Waals surface area contributed by atoms with E-state index in [1.165, 1.54) is 22.3 Å². The predicted octanol–water partition coefficient (Wildman–Crippen LogP) is 5.15. The van der Waals surface area contributed by atoms with Crippen LogP contribution in [-0.2, 0) is 17.6 Å². The molecule has 1 aliphatic heterocycles. The van der Waals surface area contributed by atoms with Crippen LogP contribution in [0.25, 0.3) is 0 Å². The Balaban J connectivity index is 1.86. The highest BCUT2D eigenvalue weighted by molar-refractivity contribution is 5.57. The molecule has 150 valence electrons. The number of hydrogen-bond acceptors (Lipinski definition) is 3. The van der Waals surface area contributed by atoms with Gasteiger partial charge in [0.2, 0.25) is 0 Å². The van der Waals surface area contributed by atoms with E-state index < -0.39 is 6.16 Å². The standard InChI is InChI=1S/C24H31NO3/c1-3-5-17-7-11-19(12-8-17)23(20-13-9-18(6-4-2)10-14-20)22-15-21(16-25-22)28-24(26)27/h7-14,21-23,25H,3-6,15-16H2,1-2H3,(H,26,27)/t21-,22?/m1/s1. The van der Waals surface area contributed by atoms with Crippen molar-refractivity contribution >= 4 is 6.16 Å². The van der Waals surface area contributed by atoms with E-state index in [4.69, 9.17) is 9.84 Å². The fraction of sp³-hybridized carbons (Fsp3) is 0.458. The van der Waals surface area contributed by atoms with Gasteiger partial charge in [-0.15, -0.1) is 0 Å². The Morgan fingerprint density at radius 3 is 1.93 bits per heavy atom. The van der Waals surface area contributed by atoms with Crippen LogP contribution in [0.1, 0.15) is 61.3 Å². The predicted molar refractivity (Wildman–Crippen MR) is 112 cm³/mol. The van der Waals surface area contributed by atoms with Crippen LogP contribution in [0, 0.1) is 0 Å². The van der Waals surface area contributed by atoms with Gasteiger partial charge in [-0.25, -0.2) is 4.79 Å². The molecule has 1 saturated heterocycles. The Hall–Kier alpha value is -2.33. The van der Waals surface area contributed by atoms with Crippen molar-refractivity contribution in [1.82, 2.24) is 5.32 Å². The second-order valence-electron chi connectivity index (χ2n) is 7.72.